The zero-order chi connectivity index (χ0) is 11.3. The molecule has 1 aliphatic rings. The number of carbonyl (C=O) groups is 1. The maximum atomic E-state index is 11.5. The van der Waals surface area contributed by atoms with Gasteiger partial charge in [-0.1, -0.05) is 5.57 Å². The molecule has 1 aliphatic heterocycles. The van der Waals surface area contributed by atoms with E-state index < -0.39 is 0 Å². The Balaban J connectivity index is 2.44. The van der Waals surface area contributed by atoms with Crippen molar-refractivity contribution in [1.82, 2.24) is 0 Å². The summed E-state index contributed by atoms with van der Waals surface area (Å²) in [5.41, 5.74) is 2.33. The zero-order valence-electron chi connectivity index (χ0n) is 10.0. The summed E-state index contributed by atoms with van der Waals surface area (Å²) in [6.07, 6.45) is 6.29. The van der Waals surface area contributed by atoms with E-state index in [1.807, 2.05) is 13.8 Å². The van der Waals surface area contributed by atoms with Gasteiger partial charge >= 0.3 is 0 Å². The zero-order valence-corrected chi connectivity index (χ0v) is 10.8. The highest BCUT2D eigenvalue weighted by Crippen LogP contribution is 2.16. The Bertz CT molecular complexity index is 279. The highest BCUT2D eigenvalue weighted by Gasteiger charge is 2.23. The van der Waals surface area contributed by atoms with Gasteiger partial charge in [-0.2, -0.15) is 0 Å². The lowest BCUT2D eigenvalue weighted by molar-refractivity contribution is -0.110. The van der Waals surface area contributed by atoms with Crippen molar-refractivity contribution < 1.29 is 4.79 Å². The van der Waals surface area contributed by atoms with Crippen LogP contribution in [0.3, 0.4) is 0 Å². The van der Waals surface area contributed by atoms with Gasteiger partial charge in [-0.15, -0.1) is 0 Å². The summed E-state index contributed by atoms with van der Waals surface area (Å²) in [7, 11) is 0.572. The minimum atomic E-state index is 0.148. The first-order valence-electron chi connectivity index (χ1n) is 5.58. The number of hydrogen-bond acceptors (Lipinski definition) is 1. The fourth-order valence-electron chi connectivity index (χ4n) is 1.79. The highest BCUT2D eigenvalue weighted by atomic mass is 32.2. The average Bonchev–Trinajstić information content (AvgIpc) is 2.53. The van der Waals surface area contributed by atoms with Crippen molar-refractivity contribution in [2.75, 3.05) is 17.3 Å². The smallest absolute Gasteiger partial charge is 0.178 e. The molecular weight excluding hydrogens is 204 g/mol. The van der Waals surface area contributed by atoms with Gasteiger partial charge in [0.1, 0.15) is 17.3 Å². The van der Waals surface area contributed by atoms with Crippen molar-refractivity contribution in [2.24, 2.45) is 0 Å². The number of rotatable bonds is 4. The van der Waals surface area contributed by atoms with E-state index in [0.29, 0.717) is 10.9 Å². The van der Waals surface area contributed by atoms with Gasteiger partial charge < -0.3 is 0 Å². The highest BCUT2D eigenvalue weighted by molar-refractivity contribution is 7.97. The van der Waals surface area contributed by atoms with E-state index in [1.54, 1.807) is 12.2 Å². The maximum Gasteiger partial charge on any atom is 0.178 e. The molecule has 1 saturated heterocycles. The van der Waals surface area contributed by atoms with E-state index in [2.05, 4.69) is 6.92 Å². The molecule has 1 rings (SSSR count). The molecular formula is C13H21OS+. The first-order chi connectivity index (χ1) is 7.08. The molecule has 0 radical (unpaired) electrons. The maximum absolute atomic E-state index is 11.5. The minimum absolute atomic E-state index is 0.148. The van der Waals surface area contributed by atoms with Crippen molar-refractivity contribution in [3.8, 4) is 0 Å². The molecule has 0 aliphatic carbocycles. The van der Waals surface area contributed by atoms with Crippen LogP contribution in [0.4, 0.5) is 0 Å². The largest absolute Gasteiger partial charge is 0.290 e. The average molecular weight is 225 g/mol. The summed E-state index contributed by atoms with van der Waals surface area (Å²) >= 11 is 0. The van der Waals surface area contributed by atoms with Crippen LogP contribution in [0.2, 0.25) is 0 Å². The molecule has 0 bridgehead atoms. The number of carbonyl (C=O) groups excluding carboxylic acids is 1. The number of hydrogen-bond donors (Lipinski definition) is 0. The van der Waals surface area contributed by atoms with Crippen LogP contribution in [0.25, 0.3) is 0 Å². The lowest BCUT2D eigenvalue weighted by atomic mass is 10.2. The summed E-state index contributed by atoms with van der Waals surface area (Å²) in [6, 6.07) is 0. The molecule has 0 saturated carbocycles. The first-order valence-corrected chi connectivity index (χ1v) is 7.31. The lowest BCUT2D eigenvalue weighted by Gasteiger charge is -2.00. The summed E-state index contributed by atoms with van der Waals surface area (Å²) < 4.78 is 0. The fraction of sp³-hybridized carbons (Fsp3) is 0.615. The second-order valence-electron chi connectivity index (χ2n) is 4.49. The Kier molecular flexibility index (Phi) is 5.16. The molecule has 1 fully saturated rings. The molecule has 0 atom stereocenters. The van der Waals surface area contributed by atoms with Crippen LogP contribution in [-0.2, 0) is 15.7 Å². The van der Waals surface area contributed by atoms with Crippen molar-refractivity contribution in [3.05, 3.63) is 23.3 Å². The van der Waals surface area contributed by atoms with E-state index in [1.165, 1.54) is 29.9 Å². The molecule has 0 unspecified atom stereocenters. The first kappa shape index (κ1) is 12.6. The quantitative estimate of drug-likeness (QED) is 0.531. The Morgan fingerprint density at radius 2 is 1.73 bits per heavy atom. The summed E-state index contributed by atoms with van der Waals surface area (Å²) in [5, 5.41) is 0. The predicted molar refractivity (Wildman–Crippen MR) is 69.4 cm³/mol. The van der Waals surface area contributed by atoms with E-state index >= 15 is 0 Å². The number of ketones is 1. The van der Waals surface area contributed by atoms with Crippen molar-refractivity contribution in [3.63, 3.8) is 0 Å². The Morgan fingerprint density at radius 3 is 2.27 bits per heavy atom. The molecule has 0 N–H and O–H groups in total. The van der Waals surface area contributed by atoms with Crippen molar-refractivity contribution in [2.45, 2.75) is 33.6 Å². The van der Waals surface area contributed by atoms with Crippen LogP contribution in [0.1, 0.15) is 33.6 Å². The normalized spacial score (nSPS) is 17.9. The summed E-state index contributed by atoms with van der Waals surface area (Å²) in [5.74, 6) is 4.04. The van der Waals surface area contributed by atoms with Crippen LogP contribution in [-0.4, -0.2) is 23.0 Å². The Hall–Kier alpha value is -0.500. The van der Waals surface area contributed by atoms with Crippen LogP contribution in [0.5, 0.6) is 0 Å². The fourth-order valence-corrected chi connectivity index (χ4v) is 4.24. The van der Waals surface area contributed by atoms with Crippen LogP contribution in [0.15, 0.2) is 23.3 Å². The summed E-state index contributed by atoms with van der Waals surface area (Å²) in [4.78, 5) is 11.5. The standard InChI is InChI=1S/C13H21OS/c1-11(2)8-13(14)9-12(3)10-15-6-4-5-7-15/h8-9H,4-7,10H2,1-3H3/q+1/b12-9+. The van der Waals surface area contributed by atoms with E-state index in [0.717, 1.165) is 11.3 Å². The number of allylic oxidation sites excluding steroid dienone is 3. The molecule has 0 aromatic carbocycles. The topological polar surface area (TPSA) is 17.1 Å². The molecule has 0 amide bonds. The minimum Gasteiger partial charge on any atom is -0.290 e. The van der Waals surface area contributed by atoms with Gasteiger partial charge in [-0.25, -0.2) is 0 Å². The second kappa shape index (κ2) is 6.16. The van der Waals surface area contributed by atoms with Crippen LogP contribution < -0.4 is 0 Å². The molecule has 0 aromatic rings. The monoisotopic (exact) mass is 225 g/mol. The van der Waals surface area contributed by atoms with E-state index in [4.69, 9.17) is 0 Å². The molecule has 0 aromatic heterocycles. The Labute approximate surface area is 96.0 Å². The van der Waals surface area contributed by atoms with Gasteiger partial charge in [-0.3, -0.25) is 4.79 Å². The molecule has 1 heterocycles. The van der Waals surface area contributed by atoms with Gasteiger partial charge in [0.2, 0.25) is 0 Å². The molecule has 1 nitrogen and oxygen atoms in total. The van der Waals surface area contributed by atoms with Gasteiger partial charge in [-0.05, 0) is 62.2 Å². The van der Waals surface area contributed by atoms with E-state index in [-0.39, 0.29) is 5.78 Å². The van der Waals surface area contributed by atoms with Gasteiger partial charge in [0.25, 0.3) is 0 Å². The van der Waals surface area contributed by atoms with Gasteiger partial charge in [0.05, 0.1) is 0 Å². The summed E-state index contributed by atoms with van der Waals surface area (Å²) in [6.45, 7) is 6.00. The lowest BCUT2D eigenvalue weighted by Crippen LogP contribution is -2.10. The second-order valence-corrected chi connectivity index (χ2v) is 6.82. The molecule has 84 valence electrons. The van der Waals surface area contributed by atoms with Gasteiger partial charge in [0, 0.05) is 0 Å². The molecule has 0 spiro atoms. The van der Waals surface area contributed by atoms with Gasteiger partial charge in [0.15, 0.2) is 5.78 Å². The molecule has 15 heavy (non-hydrogen) atoms. The third kappa shape index (κ3) is 5.22. The SMILES string of the molecule is CC(C)=CC(=O)/C=C(\C)C[S+]1CCCC1. The van der Waals surface area contributed by atoms with E-state index in [9.17, 15) is 4.79 Å². The molecule has 2 heteroatoms. The predicted octanol–water partition coefficient (Wildman–Crippen LogP) is 2.88. The van der Waals surface area contributed by atoms with Crippen molar-refractivity contribution in [1.29, 1.82) is 0 Å². The third-order valence-corrected chi connectivity index (χ3v) is 4.96. The van der Waals surface area contributed by atoms with Crippen molar-refractivity contribution >= 4 is 16.7 Å². The Morgan fingerprint density at radius 1 is 1.13 bits per heavy atom. The third-order valence-electron chi connectivity index (χ3n) is 2.37. The van der Waals surface area contributed by atoms with Crippen LogP contribution in [0, 0.1) is 0 Å². The van der Waals surface area contributed by atoms with Crippen LogP contribution >= 0.6 is 0 Å².